The molecule has 8 heteroatoms. The summed E-state index contributed by atoms with van der Waals surface area (Å²) in [4.78, 5) is 12.7. The molecule has 0 saturated heterocycles. The Kier molecular flexibility index (Phi) is 7.77. The van der Waals surface area contributed by atoms with Crippen LogP contribution in [0.4, 0.5) is 5.69 Å². The second-order valence-electron chi connectivity index (χ2n) is 7.32. The third kappa shape index (κ3) is 6.24. The summed E-state index contributed by atoms with van der Waals surface area (Å²) in [6.07, 6.45) is 0. The second-order valence-corrected chi connectivity index (χ2v) is 9.61. The number of amides is 1. The molecule has 6 nitrogen and oxygen atoms in total. The molecule has 3 aromatic rings. The molecule has 0 radical (unpaired) electrons. The zero-order valence-electron chi connectivity index (χ0n) is 17.9. The molecule has 3 rings (SSSR count). The maximum absolute atomic E-state index is 13.3. The number of nitrogens with one attached hydrogen (secondary N) is 1. The predicted molar refractivity (Wildman–Crippen MR) is 127 cm³/mol. The van der Waals surface area contributed by atoms with Crippen molar-refractivity contribution in [1.82, 2.24) is 5.32 Å². The quantitative estimate of drug-likeness (QED) is 0.470. The lowest BCUT2D eigenvalue weighted by atomic mass is 10.2. The van der Waals surface area contributed by atoms with Crippen LogP contribution in [-0.4, -0.2) is 34.0 Å². The minimum absolute atomic E-state index is 0.0545. The van der Waals surface area contributed by atoms with Gasteiger partial charge in [-0.3, -0.25) is 9.10 Å². The Morgan fingerprint density at radius 2 is 1.66 bits per heavy atom. The Bertz CT molecular complexity index is 1160. The van der Waals surface area contributed by atoms with Gasteiger partial charge in [-0.15, -0.1) is 0 Å². The summed E-state index contributed by atoms with van der Waals surface area (Å²) in [7, 11) is -3.98. The molecule has 0 aromatic heterocycles. The van der Waals surface area contributed by atoms with Gasteiger partial charge in [-0.25, -0.2) is 8.42 Å². The number of benzene rings is 3. The van der Waals surface area contributed by atoms with Crippen LogP contribution >= 0.6 is 11.6 Å². The summed E-state index contributed by atoms with van der Waals surface area (Å²) in [5.74, 6) is 0.271. The first-order valence-corrected chi connectivity index (χ1v) is 11.9. The predicted octanol–water partition coefficient (Wildman–Crippen LogP) is 4.35. The van der Waals surface area contributed by atoms with Crippen LogP contribution in [0.2, 0.25) is 5.02 Å². The summed E-state index contributed by atoms with van der Waals surface area (Å²) >= 11 is 5.90. The molecule has 3 aromatic carbocycles. The minimum Gasteiger partial charge on any atom is -0.492 e. The first-order chi connectivity index (χ1) is 15.3. The van der Waals surface area contributed by atoms with Gasteiger partial charge in [0.1, 0.15) is 18.9 Å². The van der Waals surface area contributed by atoms with Crippen LogP contribution in [0.3, 0.4) is 0 Å². The van der Waals surface area contributed by atoms with Gasteiger partial charge in [0.2, 0.25) is 5.91 Å². The molecule has 1 N–H and O–H groups in total. The highest BCUT2D eigenvalue weighted by molar-refractivity contribution is 7.92. The number of anilines is 1. The van der Waals surface area contributed by atoms with E-state index in [9.17, 15) is 13.2 Å². The fourth-order valence-electron chi connectivity index (χ4n) is 3.01. The molecule has 0 aliphatic rings. The van der Waals surface area contributed by atoms with Crippen LogP contribution in [0.5, 0.6) is 5.75 Å². The SMILES string of the molecule is Cc1ccc(OCCNC(=O)CN(c2cccc(C)c2)S(=O)(=O)c2ccc(Cl)cc2)cc1. The molecule has 0 spiro atoms. The highest BCUT2D eigenvalue weighted by atomic mass is 35.5. The standard InChI is InChI=1S/C24H25ClN2O4S/c1-18-6-10-22(11-7-18)31-15-14-26-24(28)17-27(21-5-3-4-19(2)16-21)32(29,30)23-12-8-20(25)9-13-23/h3-13,16H,14-15,17H2,1-2H3,(H,26,28). The Morgan fingerprint density at radius 3 is 2.31 bits per heavy atom. The van der Waals surface area contributed by atoms with E-state index in [1.54, 1.807) is 18.2 Å². The Morgan fingerprint density at radius 1 is 0.969 bits per heavy atom. The summed E-state index contributed by atoms with van der Waals surface area (Å²) in [5.41, 5.74) is 2.42. The number of ether oxygens (including phenoxy) is 1. The van der Waals surface area contributed by atoms with E-state index in [1.165, 1.54) is 24.3 Å². The van der Waals surface area contributed by atoms with Crippen LogP contribution in [0.15, 0.2) is 77.7 Å². The Hall–Kier alpha value is -3.03. The lowest BCUT2D eigenvalue weighted by Crippen LogP contribution is -2.42. The van der Waals surface area contributed by atoms with E-state index in [0.29, 0.717) is 16.5 Å². The lowest BCUT2D eigenvalue weighted by molar-refractivity contribution is -0.119. The first-order valence-electron chi connectivity index (χ1n) is 10.1. The Balaban J connectivity index is 1.70. The molecule has 0 atom stereocenters. The molecule has 0 aliphatic heterocycles. The lowest BCUT2D eigenvalue weighted by Gasteiger charge is -2.24. The number of sulfonamides is 1. The molecule has 32 heavy (non-hydrogen) atoms. The van der Waals surface area contributed by atoms with Crippen molar-refractivity contribution in [3.8, 4) is 5.75 Å². The molecule has 0 aliphatic carbocycles. The van der Waals surface area contributed by atoms with Gasteiger partial charge in [0, 0.05) is 5.02 Å². The van der Waals surface area contributed by atoms with Gasteiger partial charge in [-0.2, -0.15) is 0 Å². The number of hydrogen-bond donors (Lipinski definition) is 1. The van der Waals surface area contributed by atoms with Gasteiger partial charge in [0.05, 0.1) is 17.1 Å². The monoisotopic (exact) mass is 472 g/mol. The van der Waals surface area contributed by atoms with E-state index < -0.39 is 15.9 Å². The summed E-state index contributed by atoms with van der Waals surface area (Å²) in [6.45, 7) is 4.00. The summed E-state index contributed by atoms with van der Waals surface area (Å²) < 4.78 is 33.3. The fraction of sp³-hybridized carbons (Fsp3) is 0.208. The van der Waals surface area contributed by atoms with Gasteiger partial charge in [0.25, 0.3) is 10.0 Å². The zero-order chi connectivity index (χ0) is 23.1. The molecule has 0 saturated carbocycles. The van der Waals surface area contributed by atoms with Crippen molar-refractivity contribution in [3.63, 3.8) is 0 Å². The van der Waals surface area contributed by atoms with E-state index in [-0.39, 0.29) is 24.6 Å². The maximum atomic E-state index is 13.3. The molecule has 1 amide bonds. The van der Waals surface area contributed by atoms with Gasteiger partial charge in [-0.05, 0) is 67.9 Å². The molecule has 168 valence electrons. The van der Waals surface area contributed by atoms with Crippen LogP contribution in [0, 0.1) is 13.8 Å². The van der Waals surface area contributed by atoms with E-state index in [1.807, 2.05) is 44.2 Å². The smallest absolute Gasteiger partial charge is 0.264 e. The largest absolute Gasteiger partial charge is 0.492 e. The zero-order valence-corrected chi connectivity index (χ0v) is 19.5. The first kappa shape index (κ1) is 23.6. The van der Waals surface area contributed by atoms with Crippen molar-refractivity contribution in [2.24, 2.45) is 0 Å². The second kappa shape index (κ2) is 10.5. The topological polar surface area (TPSA) is 75.7 Å². The number of hydrogen-bond acceptors (Lipinski definition) is 4. The average molecular weight is 473 g/mol. The van der Waals surface area contributed by atoms with E-state index >= 15 is 0 Å². The van der Waals surface area contributed by atoms with Crippen LogP contribution in [-0.2, 0) is 14.8 Å². The molecular formula is C24H25ClN2O4S. The van der Waals surface area contributed by atoms with Crippen molar-refractivity contribution >= 4 is 33.2 Å². The van der Waals surface area contributed by atoms with E-state index in [0.717, 1.165) is 15.4 Å². The highest BCUT2D eigenvalue weighted by Crippen LogP contribution is 2.25. The molecular weight excluding hydrogens is 448 g/mol. The van der Waals surface area contributed by atoms with Gasteiger partial charge in [0.15, 0.2) is 0 Å². The van der Waals surface area contributed by atoms with E-state index in [2.05, 4.69) is 5.32 Å². The van der Waals surface area contributed by atoms with Crippen molar-refractivity contribution < 1.29 is 17.9 Å². The Labute approximate surface area is 193 Å². The molecule has 0 fully saturated rings. The van der Waals surface area contributed by atoms with E-state index in [4.69, 9.17) is 16.3 Å². The molecule has 0 unspecified atom stereocenters. The number of carbonyl (C=O) groups excluding carboxylic acids is 1. The normalized spacial score (nSPS) is 11.1. The maximum Gasteiger partial charge on any atom is 0.264 e. The molecule has 0 bridgehead atoms. The number of aryl methyl sites for hydroxylation is 2. The highest BCUT2D eigenvalue weighted by Gasteiger charge is 2.27. The molecule has 0 heterocycles. The fourth-order valence-corrected chi connectivity index (χ4v) is 4.55. The third-order valence-electron chi connectivity index (χ3n) is 4.69. The number of halogens is 1. The van der Waals surface area contributed by atoms with Crippen molar-refractivity contribution in [3.05, 3.63) is 88.9 Å². The third-order valence-corrected chi connectivity index (χ3v) is 6.73. The summed E-state index contributed by atoms with van der Waals surface area (Å²) in [6, 6.07) is 20.4. The number of nitrogens with zero attached hydrogens (tertiary/aromatic N) is 1. The van der Waals surface area contributed by atoms with Crippen LogP contribution in [0.1, 0.15) is 11.1 Å². The van der Waals surface area contributed by atoms with Crippen molar-refractivity contribution in [1.29, 1.82) is 0 Å². The average Bonchev–Trinajstić information content (AvgIpc) is 2.76. The minimum atomic E-state index is -3.98. The van der Waals surface area contributed by atoms with Crippen LogP contribution in [0.25, 0.3) is 0 Å². The van der Waals surface area contributed by atoms with Gasteiger partial charge >= 0.3 is 0 Å². The number of rotatable bonds is 9. The number of carbonyl (C=O) groups is 1. The van der Waals surface area contributed by atoms with Crippen LogP contribution < -0.4 is 14.4 Å². The van der Waals surface area contributed by atoms with Gasteiger partial charge < -0.3 is 10.1 Å². The van der Waals surface area contributed by atoms with Crippen molar-refractivity contribution in [2.45, 2.75) is 18.7 Å². The van der Waals surface area contributed by atoms with Crippen molar-refractivity contribution in [2.75, 3.05) is 24.0 Å². The summed E-state index contributed by atoms with van der Waals surface area (Å²) in [5, 5.41) is 3.15. The van der Waals surface area contributed by atoms with Gasteiger partial charge in [-0.1, -0.05) is 41.4 Å².